The Morgan fingerprint density at radius 1 is 1.11 bits per heavy atom. The lowest BCUT2D eigenvalue weighted by atomic mass is 10.0. The number of esters is 2. The van der Waals surface area contributed by atoms with Crippen molar-refractivity contribution in [1.82, 2.24) is 0 Å². The second-order valence-corrected chi connectivity index (χ2v) is 4.76. The summed E-state index contributed by atoms with van der Waals surface area (Å²) >= 11 is 0. The molecule has 0 amide bonds. The molecule has 19 heavy (non-hydrogen) atoms. The molecule has 4 nitrogen and oxygen atoms in total. The molecule has 0 aliphatic heterocycles. The standard InChI is InChI=1S/C15H20O4/c1-5-18-14(16)12-7-6-11(4)8-13(12)15(17)19-9-10(2)3/h6-8,10H,5,9H2,1-4H3. The van der Waals surface area contributed by atoms with Gasteiger partial charge in [-0.25, -0.2) is 9.59 Å². The maximum Gasteiger partial charge on any atom is 0.339 e. The van der Waals surface area contributed by atoms with Crippen LogP contribution in [0.25, 0.3) is 0 Å². The maximum absolute atomic E-state index is 12.0. The summed E-state index contributed by atoms with van der Waals surface area (Å²) in [5.74, 6) is -0.737. The van der Waals surface area contributed by atoms with Crippen molar-refractivity contribution in [2.75, 3.05) is 13.2 Å². The van der Waals surface area contributed by atoms with Crippen LogP contribution in [-0.2, 0) is 9.47 Å². The molecule has 0 atom stereocenters. The normalized spacial score (nSPS) is 10.4. The summed E-state index contributed by atoms with van der Waals surface area (Å²) in [4.78, 5) is 23.8. The zero-order valence-electron chi connectivity index (χ0n) is 11.9. The summed E-state index contributed by atoms with van der Waals surface area (Å²) in [6, 6.07) is 5.01. The van der Waals surface area contributed by atoms with E-state index in [4.69, 9.17) is 9.47 Å². The second-order valence-electron chi connectivity index (χ2n) is 4.76. The Hall–Kier alpha value is -1.84. The fourth-order valence-electron chi connectivity index (χ4n) is 1.53. The third kappa shape index (κ3) is 4.39. The summed E-state index contributed by atoms with van der Waals surface area (Å²) in [7, 11) is 0. The number of carbonyl (C=O) groups is 2. The minimum absolute atomic E-state index is 0.250. The zero-order chi connectivity index (χ0) is 14.4. The lowest BCUT2D eigenvalue weighted by Crippen LogP contribution is -2.16. The lowest BCUT2D eigenvalue weighted by molar-refractivity contribution is 0.0435. The van der Waals surface area contributed by atoms with Crippen molar-refractivity contribution in [3.63, 3.8) is 0 Å². The monoisotopic (exact) mass is 264 g/mol. The van der Waals surface area contributed by atoms with Crippen molar-refractivity contribution >= 4 is 11.9 Å². The van der Waals surface area contributed by atoms with Crippen molar-refractivity contribution in [3.8, 4) is 0 Å². The van der Waals surface area contributed by atoms with Crippen molar-refractivity contribution in [2.24, 2.45) is 5.92 Å². The molecule has 4 heteroatoms. The van der Waals surface area contributed by atoms with Crippen LogP contribution in [0, 0.1) is 12.8 Å². The number of carbonyl (C=O) groups excluding carboxylic acids is 2. The molecule has 0 saturated carbocycles. The molecule has 0 unspecified atom stereocenters. The summed E-state index contributed by atoms with van der Waals surface area (Å²) in [5.41, 5.74) is 1.41. The molecule has 0 fully saturated rings. The Kier molecular flexibility index (Phi) is 5.55. The van der Waals surface area contributed by atoms with Crippen LogP contribution in [0.5, 0.6) is 0 Å². The third-order valence-corrected chi connectivity index (χ3v) is 2.44. The van der Waals surface area contributed by atoms with Gasteiger partial charge in [-0.3, -0.25) is 0 Å². The van der Waals surface area contributed by atoms with Gasteiger partial charge in [-0.1, -0.05) is 25.5 Å². The van der Waals surface area contributed by atoms with E-state index >= 15 is 0 Å². The highest BCUT2D eigenvalue weighted by Crippen LogP contribution is 2.15. The molecule has 0 radical (unpaired) electrons. The SMILES string of the molecule is CCOC(=O)c1ccc(C)cc1C(=O)OCC(C)C. The van der Waals surface area contributed by atoms with Gasteiger partial charge >= 0.3 is 11.9 Å². The first-order valence-corrected chi connectivity index (χ1v) is 6.40. The Balaban J connectivity index is 2.99. The quantitative estimate of drug-likeness (QED) is 0.767. The van der Waals surface area contributed by atoms with Gasteiger partial charge in [0, 0.05) is 0 Å². The van der Waals surface area contributed by atoms with E-state index in [-0.39, 0.29) is 23.7 Å². The fraction of sp³-hybridized carbons (Fsp3) is 0.467. The molecule has 0 aliphatic rings. The molecule has 1 rings (SSSR count). The highest BCUT2D eigenvalue weighted by Gasteiger charge is 2.19. The van der Waals surface area contributed by atoms with E-state index in [0.717, 1.165) is 5.56 Å². The minimum Gasteiger partial charge on any atom is -0.462 e. The third-order valence-electron chi connectivity index (χ3n) is 2.44. The number of ether oxygens (including phenoxy) is 2. The van der Waals surface area contributed by atoms with E-state index in [1.54, 1.807) is 25.1 Å². The lowest BCUT2D eigenvalue weighted by Gasteiger charge is -2.11. The molecule has 0 aliphatic carbocycles. The molecule has 0 spiro atoms. The van der Waals surface area contributed by atoms with Crippen LogP contribution < -0.4 is 0 Å². The van der Waals surface area contributed by atoms with E-state index in [1.807, 2.05) is 20.8 Å². The molecule has 0 bridgehead atoms. The van der Waals surface area contributed by atoms with E-state index in [9.17, 15) is 9.59 Å². The second kappa shape index (κ2) is 6.92. The predicted molar refractivity (Wildman–Crippen MR) is 72.3 cm³/mol. The first-order chi connectivity index (χ1) is 8.95. The number of hydrogen-bond acceptors (Lipinski definition) is 4. The number of hydrogen-bond donors (Lipinski definition) is 0. The Bertz CT molecular complexity index is 463. The topological polar surface area (TPSA) is 52.6 Å². The van der Waals surface area contributed by atoms with Gasteiger partial charge in [0.05, 0.1) is 24.3 Å². The molecular formula is C15H20O4. The van der Waals surface area contributed by atoms with Gasteiger partial charge in [0.2, 0.25) is 0 Å². The Morgan fingerprint density at radius 3 is 2.32 bits per heavy atom. The highest BCUT2D eigenvalue weighted by atomic mass is 16.5. The molecule has 0 heterocycles. The van der Waals surface area contributed by atoms with Crippen LogP contribution in [0.3, 0.4) is 0 Å². The van der Waals surface area contributed by atoms with Crippen LogP contribution in [-0.4, -0.2) is 25.2 Å². The average molecular weight is 264 g/mol. The van der Waals surface area contributed by atoms with Crippen LogP contribution in [0.4, 0.5) is 0 Å². The van der Waals surface area contributed by atoms with Crippen molar-refractivity contribution in [3.05, 3.63) is 34.9 Å². The van der Waals surface area contributed by atoms with Gasteiger partial charge in [-0.15, -0.1) is 0 Å². The van der Waals surface area contributed by atoms with Gasteiger partial charge in [-0.2, -0.15) is 0 Å². The average Bonchev–Trinajstić information content (AvgIpc) is 2.36. The minimum atomic E-state index is -0.501. The summed E-state index contributed by atoms with van der Waals surface area (Å²) in [6.07, 6.45) is 0. The number of rotatable bonds is 5. The van der Waals surface area contributed by atoms with Gasteiger partial charge in [-0.05, 0) is 31.9 Å². The number of benzene rings is 1. The molecule has 1 aromatic rings. The van der Waals surface area contributed by atoms with Gasteiger partial charge < -0.3 is 9.47 Å². The first kappa shape index (κ1) is 15.2. The molecule has 1 aromatic carbocycles. The van der Waals surface area contributed by atoms with Crippen molar-refractivity contribution in [1.29, 1.82) is 0 Å². The van der Waals surface area contributed by atoms with E-state index in [2.05, 4.69) is 0 Å². The summed E-state index contributed by atoms with van der Waals surface area (Å²) < 4.78 is 10.1. The largest absolute Gasteiger partial charge is 0.462 e. The van der Waals surface area contributed by atoms with Gasteiger partial charge in [0.1, 0.15) is 0 Å². The number of aryl methyl sites for hydroxylation is 1. The van der Waals surface area contributed by atoms with Crippen LogP contribution in [0.15, 0.2) is 18.2 Å². The van der Waals surface area contributed by atoms with Gasteiger partial charge in [0.25, 0.3) is 0 Å². The summed E-state index contributed by atoms with van der Waals surface area (Å²) in [5, 5.41) is 0. The Labute approximate surface area is 113 Å². The van der Waals surface area contributed by atoms with Crippen molar-refractivity contribution in [2.45, 2.75) is 27.7 Å². The maximum atomic E-state index is 12.0. The Morgan fingerprint density at radius 2 is 1.74 bits per heavy atom. The van der Waals surface area contributed by atoms with E-state index in [1.165, 1.54) is 0 Å². The van der Waals surface area contributed by atoms with Crippen LogP contribution >= 0.6 is 0 Å². The van der Waals surface area contributed by atoms with Crippen molar-refractivity contribution < 1.29 is 19.1 Å². The fourth-order valence-corrected chi connectivity index (χ4v) is 1.53. The smallest absolute Gasteiger partial charge is 0.339 e. The molecule has 0 N–H and O–H groups in total. The predicted octanol–water partition coefficient (Wildman–Crippen LogP) is 2.98. The van der Waals surface area contributed by atoms with Gasteiger partial charge in [0.15, 0.2) is 0 Å². The summed E-state index contributed by atoms with van der Waals surface area (Å²) in [6.45, 7) is 8.09. The highest BCUT2D eigenvalue weighted by molar-refractivity contribution is 6.03. The van der Waals surface area contributed by atoms with E-state index < -0.39 is 11.9 Å². The van der Waals surface area contributed by atoms with E-state index in [0.29, 0.717) is 6.61 Å². The molecule has 104 valence electrons. The van der Waals surface area contributed by atoms with Crippen LogP contribution in [0.1, 0.15) is 47.1 Å². The first-order valence-electron chi connectivity index (χ1n) is 6.40. The molecule has 0 aromatic heterocycles. The van der Waals surface area contributed by atoms with Crippen LogP contribution in [0.2, 0.25) is 0 Å². The molecular weight excluding hydrogens is 244 g/mol. The molecule has 0 saturated heterocycles. The zero-order valence-corrected chi connectivity index (χ0v) is 11.9.